The fraction of sp³-hybridized carbons (Fsp3) is 0.188. The second-order valence-corrected chi connectivity index (χ2v) is 8.07. The van der Waals surface area contributed by atoms with Crippen LogP contribution in [0.15, 0.2) is 47.4 Å². The summed E-state index contributed by atoms with van der Waals surface area (Å²) in [6.07, 6.45) is 0. The molecule has 2 rings (SSSR count). The fourth-order valence-corrected chi connectivity index (χ4v) is 3.27. The van der Waals surface area contributed by atoms with E-state index in [2.05, 4.69) is 5.32 Å². The molecule has 0 aromatic heterocycles. The van der Waals surface area contributed by atoms with Crippen molar-refractivity contribution in [3.8, 4) is 0 Å². The molecule has 0 aliphatic heterocycles. The Kier molecular flexibility index (Phi) is 5.96. The van der Waals surface area contributed by atoms with E-state index < -0.39 is 14.9 Å². The van der Waals surface area contributed by atoms with Crippen molar-refractivity contribution in [2.75, 3.05) is 26.0 Å². The minimum absolute atomic E-state index is 0.0155. The third-order valence-electron chi connectivity index (χ3n) is 3.54. The highest BCUT2D eigenvalue weighted by atomic mass is 35.5. The standard InChI is InChI=1S/C16H16ClN3O5S/c1-19(2)26(24,25)13-5-3-4-11(8-13)16(21)10-18-15-7-6-12(20(22)23)9-14(15)17/h3-9,18H,10H2,1-2H3. The second-order valence-electron chi connectivity index (χ2n) is 5.51. The number of benzene rings is 2. The third kappa shape index (κ3) is 4.37. The molecule has 2 aromatic carbocycles. The minimum Gasteiger partial charge on any atom is -0.376 e. The van der Waals surface area contributed by atoms with Crippen LogP contribution in [0.5, 0.6) is 0 Å². The number of hydrogen-bond acceptors (Lipinski definition) is 6. The van der Waals surface area contributed by atoms with Crippen molar-refractivity contribution in [1.29, 1.82) is 0 Å². The van der Waals surface area contributed by atoms with Gasteiger partial charge in [0.05, 0.1) is 27.1 Å². The number of carbonyl (C=O) groups excluding carboxylic acids is 1. The molecule has 10 heteroatoms. The summed E-state index contributed by atoms with van der Waals surface area (Å²) in [4.78, 5) is 22.5. The molecule has 0 aliphatic rings. The Morgan fingerprint density at radius 2 is 1.92 bits per heavy atom. The van der Waals surface area contributed by atoms with Gasteiger partial charge >= 0.3 is 0 Å². The summed E-state index contributed by atoms with van der Waals surface area (Å²) in [6, 6.07) is 9.56. The number of rotatable bonds is 7. The molecule has 0 heterocycles. The number of sulfonamides is 1. The molecule has 0 spiro atoms. The van der Waals surface area contributed by atoms with Crippen LogP contribution < -0.4 is 5.32 Å². The highest BCUT2D eigenvalue weighted by Gasteiger charge is 2.19. The van der Waals surface area contributed by atoms with Gasteiger partial charge < -0.3 is 5.32 Å². The predicted molar refractivity (Wildman–Crippen MR) is 98.2 cm³/mol. The number of anilines is 1. The molecule has 0 radical (unpaired) electrons. The monoisotopic (exact) mass is 397 g/mol. The smallest absolute Gasteiger partial charge is 0.271 e. The van der Waals surface area contributed by atoms with Gasteiger partial charge in [0.2, 0.25) is 10.0 Å². The van der Waals surface area contributed by atoms with Crippen LogP contribution in [0.25, 0.3) is 0 Å². The zero-order chi connectivity index (χ0) is 19.5. The molecule has 8 nitrogen and oxygen atoms in total. The van der Waals surface area contributed by atoms with Crippen LogP contribution in [0.2, 0.25) is 5.02 Å². The van der Waals surface area contributed by atoms with E-state index in [4.69, 9.17) is 11.6 Å². The summed E-state index contributed by atoms with van der Waals surface area (Å²) in [7, 11) is -0.834. The van der Waals surface area contributed by atoms with Gasteiger partial charge in [-0.2, -0.15) is 0 Å². The number of hydrogen-bond donors (Lipinski definition) is 1. The average Bonchev–Trinajstić information content (AvgIpc) is 2.60. The van der Waals surface area contributed by atoms with Crippen molar-refractivity contribution >= 4 is 38.8 Å². The first-order valence-electron chi connectivity index (χ1n) is 7.36. The number of ketones is 1. The van der Waals surface area contributed by atoms with Crippen LogP contribution in [0.1, 0.15) is 10.4 Å². The van der Waals surface area contributed by atoms with Gasteiger partial charge in [0.15, 0.2) is 5.78 Å². The molecule has 1 N–H and O–H groups in total. The molecule has 0 amide bonds. The molecule has 0 aliphatic carbocycles. The number of carbonyl (C=O) groups is 1. The summed E-state index contributed by atoms with van der Waals surface area (Å²) in [5.74, 6) is -0.352. The molecular formula is C16H16ClN3O5S. The Balaban J connectivity index is 2.15. The first kappa shape index (κ1) is 19.8. The lowest BCUT2D eigenvalue weighted by molar-refractivity contribution is -0.384. The Bertz CT molecular complexity index is 960. The largest absolute Gasteiger partial charge is 0.376 e. The van der Waals surface area contributed by atoms with Crippen molar-refractivity contribution in [3.05, 3.63) is 63.2 Å². The van der Waals surface area contributed by atoms with Crippen LogP contribution in [0.3, 0.4) is 0 Å². The lowest BCUT2D eigenvalue weighted by Crippen LogP contribution is -2.22. The number of Topliss-reactive ketones (excluding diaryl/α,β-unsaturated/α-hetero) is 1. The maximum Gasteiger partial charge on any atom is 0.271 e. The van der Waals surface area contributed by atoms with E-state index in [9.17, 15) is 23.3 Å². The van der Waals surface area contributed by atoms with E-state index in [1.54, 1.807) is 0 Å². The van der Waals surface area contributed by atoms with E-state index >= 15 is 0 Å². The molecule has 2 aromatic rings. The molecule has 0 saturated heterocycles. The van der Waals surface area contributed by atoms with Gasteiger partial charge in [-0.15, -0.1) is 0 Å². The predicted octanol–water partition coefficient (Wildman–Crippen LogP) is 2.79. The lowest BCUT2D eigenvalue weighted by atomic mass is 10.1. The number of nitrogens with zero attached hydrogens (tertiary/aromatic N) is 2. The van der Waals surface area contributed by atoms with Crippen LogP contribution in [0.4, 0.5) is 11.4 Å². The average molecular weight is 398 g/mol. The van der Waals surface area contributed by atoms with Crippen molar-refractivity contribution in [2.45, 2.75) is 4.90 Å². The van der Waals surface area contributed by atoms with Crippen molar-refractivity contribution in [2.24, 2.45) is 0 Å². The zero-order valence-electron chi connectivity index (χ0n) is 14.0. The normalized spacial score (nSPS) is 11.4. The van der Waals surface area contributed by atoms with Crippen molar-refractivity contribution < 1.29 is 18.1 Å². The molecule has 0 unspecified atom stereocenters. The van der Waals surface area contributed by atoms with Crippen LogP contribution in [-0.4, -0.2) is 44.1 Å². The fourth-order valence-electron chi connectivity index (χ4n) is 2.08. The summed E-state index contributed by atoms with van der Waals surface area (Å²) in [5, 5.41) is 13.6. The van der Waals surface area contributed by atoms with Gasteiger partial charge in [-0.1, -0.05) is 23.7 Å². The van der Waals surface area contributed by atoms with Gasteiger partial charge in [-0.3, -0.25) is 14.9 Å². The lowest BCUT2D eigenvalue weighted by Gasteiger charge is -2.12. The minimum atomic E-state index is -3.64. The topological polar surface area (TPSA) is 110 Å². The molecule has 26 heavy (non-hydrogen) atoms. The number of nitrogens with one attached hydrogen (secondary N) is 1. The Labute approximate surface area is 155 Å². The molecule has 0 saturated carbocycles. The van der Waals surface area contributed by atoms with E-state index in [0.717, 1.165) is 4.31 Å². The van der Waals surface area contributed by atoms with Gasteiger partial charge in [0.1, 0.15) is 0 Å². The van der Waals surface area contributed by atoms with E-state index in [1.165, 1.54) is 56.6 Å². The van der Waals surface area contributed by atoms with Gasteiger partial charge in [-0.25, -0.2) is 12.7 Å². The highest BCUT2D eigenvalue weighted by Crippen LogP contribution is 2.26. The molecule has 0 atom stereocenters. The number of nitro benzene ring substituents is 1. The maximum absolute atomic E-state index is 12.3. The maximum atomic E-state index is 12.3. The molecule has 138 valence electrons. The third-order valence-corrected chi connectivity index (χ3v) is 5.66. The summed E-state index contributed by atoms with van der Waals surface area (Å²) in [5.41, 5.74) is 0.426. The molecular weight excluding hydrogens is 382 g/mol. The molecule has 0 bridgehead atoms. The number of nitro groups is 1. The van der Waals surface area contributed by atoms with Crippen LogP contribution in [-0.2, 0) is 10.0 Å². The van der Waals surface area contributed by atoms with E-state index in [-0.39, 0.29) is 33.5 Å². The van der Waals surface area contributed by atoms with Gasteiger partial charge in [0.25, 0.3) is 5.69 Å². The Morgan fingerprint density at radius 1 is 1.23 bits per heavy atom. The Morgan fingerprint density at radius 3 is 2.50 bits per heavy atom. The Hall–Kier alpha value is -2.49. The summed E-state index contributed by atoms with van der Waals surface area (Å²) in [6.45, 7) is -0.150. The van der Waals surface area contributed by atoms with Crippen LogP contribution >= 0.6 is 11.6 Å². The second kappa shape index (κ2) is 7.81. The van der Waals surface area contributed by atoms with Crippen LogP contribution in [0, 0.1) is 10.1 Å². The van der Waals surface area contributed by atoms with E-state index in [0.29, 0.717) is 5.69 Å². The number of non-ortho nitro benzene ring substituents is 1. The first-order valence-corrected chi connectivity index (χ1v) is 9.18. The van der Waals surface area contributed by atoms with E-state index in [1.807, 2.05) is 0 Å². The summed E-state index contributed by atoms with van der Waals surface area (Å²) < 4.78 is 25.3. The van der Waals surface area contributed by atoms with Gasteiger partial charge in [0, 0.05) is 31.8 Å². The SMILES string of the molecule is CN(C)S(=O)(=O)c1cccc(C(=O)CNc2ccc([N+](=O)[O-])cc2Cl)c1. The summed E-state index contributed by atoms with van der Waals surface area (Å²) >= 11 is 5.96. The zero-order valence-corrected chi connectivity index (χ0v) is 15.5. The van der Waals surface area contributed by atoms with Crippen molar-refractivity contribution in [1.82, 2.24) is 4.31 Å². The quantitative estimate of drug-likeness (QED) is 0.437. The first-order chi connectivity index (χ1) is 12.1. The van der Waals surface area contributed by atoms with Crippen molar-refractivity contribution in [3.63, 3.8) is 0 Å². The highest BCUT2D eigenvalue weighted by molar-refractivity contribution is 7.89. The molecule has 0 fully saturated rings. The number of halogens is 1. The van der Waals surface area contributed by atoms with Gasteiger partial charge in [-0.05, 0) is 18.2 Å².